The van der Waals surface area contributed by atoms with Crippen molar-refractivity contribution in [1.82, 2.24) is 9.21 Å². The minimum Gasteiger partial charge on any atom is -0.367 e. The predicted octanol–water partition coefficient (Wildman–Crippen LogP) is 2.27. The molecular weight excluding hydrogens is 379 g/mol. The van der Waals surface area contributed by atoms with E-state index in [-0.39, 0.29) is 10.7 Å². The Kier molecular flexibility index (Phi) is 5.98. The summed E-state index contributed by atoms with van der Waals surface area (Å²) in [7, 11) is -0.419. The normalized spacial score (nSPS) is 15.6. The second-order valence-corrected chi connectivity index (χ2v) is 9.13. The van der Waals surface area contributed by atoms with Gasteiger partial charge in [-0.3, -0.25) is 4.90 Å². The molecule has 0 amide bonds. The first kappa shape index (κ1) is 20.3. The van der Waals surface area contributed by atoms with Crippen molar-refractivity contribution in [3.8, 4) is 6.07 Å². The predicted molar refractivity (Wildman–Crippen MR) is 106 cm³/mol. The van der Waals surface area contributed by atoms with Gasteiger partial charge in [-0.2, -0.15) is 5.26 Å². The van der Waals surface area contributed by atoms with Gasteiger partial charge in [0.05, 0.1) is 22.2 Å². The molecule has 2 aromatic carbocycles. The average Bonchev–Trinajstić information content (AvgIpc) is 2.68. The first-order valence-electron chi connectivity index (χ1n) is 8.99. The van der Waals surface area contributed by atoms with Gasteiger partial charge in [0.2, 0.25) is 10.0 Å². The maximum Gasteiger partial charge on any atom is 0.242 e. The molecule has 0 atom stereocenters. The first-order chi connectivity index (χ1) is 13.3. The van der Waals surface area contributed by atoms with E-state index in [0.717, 1.165) is 18.7 Å². The number of hydrogen-bond acceptors (Lipinski definition) is 5. The lowest BCUT2D eigenvalue weighted by molar-refractivity contribution is 0.249. The fourth-order valence-electron chi connectivity index (χ4n) is 3.25. The Morgan fingerprint density at radius 2 is 1.82 bits per heavy atom. The van der Waals surface area contributed by atoms with E-state index < -0.39 is 10.0 Å². The molecular formula is C20H23FN4O2S. The second-order valence-electron chi connectivity index (χ2n) is 6.98. The number of nitrogens with zero attached hydrogens (tertiary/aromatic N) is 4. The molecule has 1 aliphatic rings. The molecule has 0 radical (unpaired) electrons. The Balaban J connectivity index is 1.65. The molecule has 2 aromatic rings. The first-order valence-corrected chi connectivity index (χ1v) is 10.4. The zero-order valence-electron chi connectivity index (χ0n) is 16.0. The van der Waals surface area contributed by atoms with Crippen LogP contribution in [-0.2, 0) is 16.6 Å². The molecule has 6 nitrogen and oxygen atoms in total. The Labute approximate surface area is 165 Å². The highest BCUT2D eigenvalue weighted by molar-refractivity contribution is 7.89. The van der Waals surface area contributed by atoms with Crippen LogP contribution in [0.4, 0.5) is 10.1 Å². The molecule has 3 rings (SSSR count). The van der Waals surface area contributed by atoms with Crippen molar-refractivity contribution in [2.24, 2.45) is 0 Å². The number of rotatable bonds is 5. The van der Waals surface area contributed by atoms with Crippen LogP contribution in [0.2, 0.25) is 0 Å². The number of hydrogen-bond donors (Lipinski definition) is 0. The Hall–Kier alpha value is -2.47. The third kappa shape index (κ3) is 4.33. The number of halogens is 1. The fraction of sp³-hybridized carbons (Fsp3) is 0.350. The third-order valence-corrected chi connectivity index (χ3v) is 6.68. The van der Waals surface area contributed by atoms with E-state index in [9.17, 15) is 12.8 Å². The number of sulfonamides is 1. The summed E-state index contributed by atoms with van der Waals surface area (Å²) in [6.07, 6.45) is 0. The molecule has 1 saturated heterocycles. The summed E-state index contributed by atoms with van der Waals surface area (Å²) in [5, 5.41) is 8.86. The van der Waals surface area contributed by atoms with Crippen molar-refractivity contribution in [2.75, 3.05) is 45.2 Å². The molecule has 0 aliphatic carbocycles. The minimum atomic E-state index is -3.45. The van der Waals surface area contributed by atoms with Gasteiger partial charge in [-0.25, -0.2) is 17.1 Å². The third-order valence-electron chi connectivity index (χ3n) is 4.87. The average molecular weight is 402 g/mol. The van der Waals surface area contributed by atoms with Gasteiger partial charge in [0.25, 0.3) is 0 Å². The molecule has 28 heavy (non-hydrogen) atoms. The lowest BCUT2D eigenvalue weighted by Gasteiger charge is -2.36. The molecule has 8 heteroatoms. The SMILES string of the molecule is CN(C)S(=O)(=O)c1cccc(CN2CCN(c3ccc(C#N)cc3F)CC2)c1. The van der Waals surface area contributed by atoms with Gasteiger partial charge in [0.15, 0.2) is 0 Å². The van der Waals surface area contributed by atoms with Crippen LogP contribution in [0.25, 0.3) is 0 Å². The summed E-state index contributed by atoms with van der Waals surface area (Å²) in [5.74, 6) is -0.380. The van der Waals surface area contributed by atoms with Crippen molar-refractivity contribution in [1.29, 1.82) is 5.26 Å². The van der Waals surface area contributed by atoms with Crippen molar-refractivity contribution < 1.29 is 12.8 Å². The van der Waals surface area contributed by atoms with Crippen molar-refractivity contribution in [2.45, 2.75) is 11.4 Å². The topological polar surface area (TPSA) is 67.7 Å². The monoisotopic (exact) mass is 402 g/mol. The van der Waals surface area contributed by atoms with Crippen LogP contribution >= 0.6 is 0 Å². The lowest BCUT2D eigenvalue weighted by atomic mass is 10.1. The number of benzene rings is 2. The highest BCUT2D eigenvalue weighted by atomic mass is 32.2. The van der Waals surface area contributed by atoms with Crippen LogP contribution < -0.4 is 4.90 Å². The summed E-state index contributed by atoms with van der Waals surface area (Å²) < 4.78 is 40.0. The summed E-state index contributed by atoms with van der Waals surface area (Å²) >= 11 is 0. The zero-order valence-corrected chi connectivity index (χ0v) is 16.8. The molecule has 0 spiro atoms. The summed E-state index contributed by atoms with van der Waals surface area (Å²) in [5.41, 5.74) is 1.76. The molecule has 1 heterocycles. The van der Waals surface area contributed by atoms with Gasteiger partial charge in [-0.1, -0.05) is 12.1 Å². The standard InChI is InChI=1S/C20H23FN4O2S/c1-23(2)28(26,27)18-5-3-4-17(12-18)15-24-8-10-25(11-9-24)20-7-6-16(14-22)13-19(20)21/h3-7,12-13H,8-11,15H2,1-2H3. The van der Waals surface area contributed by atoms with Gasteiger partial charge < -0.3 is 4.90 Å². The van der Waals surface area contributed by atoms with E-state index in [1.54, 1.807) is 30.3 Å². The summed E-state index contributed by atoms with van der Waals surface area (Å²) in [6.45, 7) is 3.45. The second kappa shape index (κ2) is 8.27. The number of nitriles is 1. The summed E-state index contributed by atoms with van der Waals surface area (Å²) in [6, 6.07) is 13.5. The maximum atomic E-state index is 14.2. The molecule has 1 fully saturated rings. The van der Waals surface area contributed by atoms with Crippen molar-refractivity contribution in [3.63, 3.8) is 0 Å². The highest BCUT2D eigenvalue weighted by Crippen LogP contribution is 2.23. The van der Waals surface area contributed by atoms with Crippen LogP contribution in [0.5, 0.6) is 0 Å². The molecule has 0 saturated carbocycles. The quantitative estimate of drug-likeness (QED) is 0.768. The van der Waals surface area contributed by atoms with E-state index in [1.165, 1.54) is 24.5 Å². The molecule has 0 unspecified atom stereocenters. The molecule has 148 valence electrons. The smallest absolute Gasteiger partial charge is 0.242 e. The zero-order chi connectivity index (χ0) is 20.3. The van der Waals surface area contributed by atoms with Crippen molar-refractivity contribution in [3.05, 3.63) is 59.4 Å². The lowest BCUT2D eigenvalue weighted by Crippen LogP contribution is -2.46. The Morgan fingerprint density at radius 1 is 1.11 bits per heavy atom. The van der Waals surface area contributed by atoms with E-state index >= 15 is 0 Å². The van der Waals surface area contributed by atoms with Crippen molar-refractivity contribution >= 4 is 15.7 Å². The van der Waals surface area contributed by atoms with E-state index in [0.29, 0.717) is 30.9 Å². The Bertz CT molecular complexity index is 994. The number of piperazine rings is 1. The van der Waals surface area contributed by atoms with Crippen LogP contribution in [-0.4, -0.2) is 57.9 Å². The fourth-order valence-corrected chi connectivity index (χ4v) is 4.23. The molecule has 0 bridgehead atoms. The van der Waals surface area contributed by atoms with Gasteiger partial charge in [-0.15, -0.1) is 0 Å². The molecule has 0 N–H and O–H groups in total. The number of anilines is 1. The van der Waals surface area contributed by atoms with Crippen LogP contribution in [0.1, 0.15) is 11.1 Å². The van der Waals surface area contributed by atoms with Gasteiger partial charge >= 0.3 is 0 Å². The van der Waals surface area contributed by atoms with Gasteiger partial charge in [0.1, 0.15) is 5.82 Å². The van der Waals surface area contributed by atoms with E-state index in [1.807, 2.05) is 17.0 Å². The van der Waals surface area contributed by atoms with E-state index in [4.69, 9.17) is 5.26 Å². The Morgan fingerprint density at radius 3 is 2.43 bits per heavy atom. The van der Waals surface area contributed by atoms with E-state index in [2.05, 4.69) is 4.90 Å². The summed E-state index contributed by atoms with van der Waals surface area (Å²) in [4.78, 5) is 4.48. The van der Waals surface area contributed by atoms with Crippen LogP contribution in [0, 0.1) is 17.1 Å². The maximum absolute atomic E-state index is 14.2. The van der Waals surface area contributed by atoms with Gasteiger partial charge in [0, 0.05) is 46.8 Å². The van der Waals surface area contributed by atoms with Crippen LogP contribution in [0.3, 0.4) is 0 Å². The minimum absolute atomic E-state index is 0.285. The molecule has 1 aliphatic heterocycles. The largest absolute Gasteiger partial charge is 0.367 e. The van der Waals surface area contributed by atoms with Gasteiger partial charge in [-0.05, 0) is 35.9 Å². The highest BCUT2D eigenvalue weighted by Gasteiger charge is 2.21. The van der Waals surface area contributed by atoms with Crippen LogP contribution in [0.15, 0.2) is 47.4 Å². The molecule has 0 aromatic heterocycles.